The first-order valence-corrected chi connectivity index (χ1v) is 18.7. The average Bonchev–Trinajstić information content (AvgIpc) is 3.44. The first-order valence-electron chi connectivity index (χ1n) is 18.7. The molecule has 0 saturated heterocycles. The second-order valence-electron chi connectivity index (χ2n) is 18.2. The van der Waals surface area contributed by atoms with E-state index in [-0.39, 0.29) is 43.1 Å². The number of nitrogens with zero attached hydrogens (tertiary/aromatic N) is 3. The molecule has 0 spiro atoms. The number of hydrogen-bond acceptors (Lipinski definition) is 3. The first kappa shape index (κ1) is 39.2. The normalized spacial score (nSPS) is 12.6. The third-order valence-electron chi connectivity index (χ3n) is 10.7. The van der Waals surface area contributed by atoms with Crippen molar-refractivity contribution >= 4 is 21.9 Å². The number of pyridine rings is 2. The van der Waals surface area contributed by atoms with Gasteiger partial charge in [0.15, 0.2) is 0 Å². The zero-order chi connectivity index (χ0) is 38.1. The Morgan fingerprint density at radius 1 is 0.611 bits per heavy atom. The van der Waals surface area contributed by atoms with Crippen LogP contribution in [0.1, 0.15) is 104 Å². The molecule has 0 aliphatic carbocycles. The SMILES string of the molecule is CC(C)(C)c1cc(-c2ccc3c4ccccc4n(-c4cc(C(C)(C)C)cc(C(C)(C)C)c4O)c3n2)[c-]c(C(C)(C)c2cc(-c3ccccc3)ccn2)c1.[Pt]. The summed E-state index contributed by atoms with van der Waals surface area (Å²) >= 11 is 0. The van der Waals surface area contributed by atoms with Crippen molar-refractivity contribution in [3.05, 3.63) is 143 Å². The number of para-hydroxylation sites is 1. The molecule has 0 aliphatic rings. The van der Waals surface area contributed by atoms with Gasteiger partial charge in [0.05, 0.1) is 11.2 Å². The number of aromatic nitrogens is 3. The largest absolute Gasteiger partial charge is 0.505 e. The van der Waals surface area contributed by atoms with Crippen molar-refractivity contribution in [2.45, 2.75) is 97.8 Å². The third kappa shape index (κ3) is 7.18. The summed E-state index contributed by atoms with van der Waals surface area (Å²) in [5.74, 6) is 0.288. The Labute approximate surface area is 336 Å². The van der Waals surface area contributed by atoms with Gasteiger partial charge >= 0.3 is 0 Å². The fourth-order valence-corrected chi connectivity index (χ4v) is 7.23. The number of aromatic hydroxyl groups is 1. The molecule has 5 heteroatoms. The predicted molar refractivity (Wildman–Crippen MR) is 222 cm³/mol. The quantitative estimate of drug-likeness (QED) is 0.175. The standard InChI is InChI=1S/C49H52N3O.Pt/c1-46(2,3)34-25-33(26-36(28-34)49(10,11)43-27-32(23-24-50-43)31-17-13-12-14-18-31)40-22-21-38-37-19-15-16-20-41(37)52(45(38)51-40)42-30-35(47(4,5)6)29-39(44(42)53)48(7,8)9;/h12-25,27-30,53H,1-11H3;/q-1;. The Bertz CT molecular complexity index is 2490. The molecule has 0 amide bonds. The third-order valence-corrected chi connectivity index (χ3v) is 10.7. The van der Waals surface area contributed by atoms with Crippen LogP contribution < -0.4 is 0 Å². The molecular formula is C49H52N3OPt-. The van der Waals surface area contributed by atoms with Crippen LogP contribution in [0.15, 0.2) is 109 Å². The molecule has 0 aliphatic heterocycles. The van der Waals surface area contributed by atoms with Crippen LogP contribution >= 0.6 is 0 Å². The number of benzene rings is 4. The molecule has 0 radical (unpaired) electrons. The van der Waals surface area contributed by atoms with Gasteiger partial charge in [-0.2, -0.15) is 0 Å². The van der Waals surface area contributed by atoms with E-state index in [0.717, 1.165) is 61.3 Å². The number of rotatable bonds is 5. The average molecular weight is 894 g/mol. The molecule has 3 heterocycles. The van der Waals surface area contributed by atoms with Gasteiger partial charge in [0, 0.05) is 54.7 Å². The Balaban J connectivity index is 0.00000497. The number of phenols is 1. The molecule has 1 N–H and O–H groups in total. The van der Waals surface area contributed by atoms with Crippen molar-refractivity contribution in [2.75, 3.05) is 0 Å². The Hall–Kier alpha value is -4.53. The fourth-order valence-electron chi connectivity index (χ4n) is 7.23. The van der Waals surface area contributed by atoms with Gasteiger partial charge < -0.3 is 5.11 Å². The van der Waals surface area contributed by atoms with Crippen LogP contribution in [0, 0.1) is 6.07 Å². The second kappa shape index (κ2) is 14.0. The molecule has 280 valence electrons. The summed E-state index contributed by atoms with van der Waals surface area (Å²) in [5.41, 5.74) is 11.0. The Morgan fingerprint density at radius 3 is 1.93 bits per heavy atom. The summed E-state index contributed by atoms with van der Waals surface area (Å²) in [5, 5.41) is 14.2. The summed E-state index contributed by atoms with van der Waals surface area (Å²) in [7, 11) is 0. The topological polar surface area (TPSA) is 50.9 Å². The minimum atomic E-state index is -0.442. The number of phenolic OH excluding ortho intramolecular Hbond substituents is 1. The molecule has 3 aromatic heterocycles. The zero-order valence-electron chi connectivity index (χ0n) is 33.5. The molecule has 54 heavy (non-hydrogen) atoms. The van der Waals surface area contributed by atoms with Gasteiger partial charge in [-0.15, -0.1) is 34.9 Å². The van der Waals surface area contributed by atoms with Crippen molar-refractivity contribution in [3.8, 4) is 33.8 Å². The Kier molecular flexibility index (Phi) is 10.1. The summed E-state index contributed by atoms with van der Waals surface area (Å²) < 4.78 is 2.16. The molecule has 0 saturated carbocycles. The molecule has 0 bridgehead atoms. The summed E-state index contributed by atoms with van der Waals surface area (Å²) in [6.07, 6.45) is 1.91. The fraction of sp³-hybridized carbons (Fsp3) is 0.306. The molecule has 0 unspecified atom stereocenters. The van der Waals surface area contributed by atoms with Crippen LogP contribution in [0.2, 0.25) is 0 Å². The number of fused-ring (bicyclic) bond motifs is 3. The van der Waals surface area contributed by atoms with Gasteiger partial charge in [-0.3, -0.25) is 14.5 Å². The molecule has 4 aromatic carbocycles. The number of hydrogen-bond donors (Lipinski definition) is 1. The van der Waals surface area contributed by atoms with Crippen LogP contribution in [0.25, 0.3) is 50.0 Å². The van der Waals surface area contributed by atoms with Gasteiger partial charge in [0.2, 0.25) is 0 Å². The van der Waals surface area contributed by atoms with E-state index in [1.165, 1.54) is 16.7 Å². The molecular weight excluding hydrogens is 842 g/mol. The molecule has 0 atom stereocenters. The van der Waals surface area contributed by atoms with Crippen LogP contribution in [0.5, 0.6) is 5.75 Å². The maximum atomic E-state index is 12.1. The van der Waals surface area contributed by atoms with Gasteiger partial charge in [-0.1, -0.05) is 143 Å². The maximum Gasteiger partial charge on any atom is 0.143 e. The van der Waals surface area contributed by atoms with E-state index < -0.39 is 5.41 Å². The van der Waals surface area contributed by atoms with Crippen LogP contribution in [0.4, 0.5) is 0 Å². The second-order valence-corrected chi connectivity index (χ2v) is 18.2. The molecule has 7 aromatic rings. The Morgan fingerprint density at radius 2 is 1.26 bits per heavy atom. The maximum absolute atomic E-state index is 12.1. The van der Waals surface area contributed by atoms with Crippen LogP contribution in [-0.2, 0) is 42.7 Å². The van der Waals surface area contributed by atoms with Crippen LogP contribution in [-0.4, -0.2) is 19.6 Å². The molecule has 7 rings (SSSR count). The minimum absolute atomic E-state index is 0. The van der Waals surface area contributed by atoms with Crippen molar-refractivity contribution in [1.29, 1.82) is 0 Å². The van der Waals surface area contributed by atoms with Crippen molar-refractivity contribution in [2.24, 2.45) is 0 Å². The predicted octanol–water partition coefficient (Wildman–Crippen LogP) is 12.6. The van der Waals surface area contributed by atoms with Gasteiger partial charge in [-0.05, 0) is 62.9 Å². The molecule has 4 nitrogen and oxygen atoms in total. The van der Waals surface area contributed by atoms with E-state index in [9.17, 15) is 5.11 Å². The summed E-state index contributed by atoms with van der Waals surface area (Å²) in [6.45, 7) is 24.4. The van der Waals surface area contributed by atoms with Crippen molar-refractivity contribution in [1.82, 2.24) is 14.5 Å². The van der Waals surface area contributed by atoms with Gasteiger partial charge in [0.25, 0.3) is 0 Å². The van der Waals surface area contributed by atoms with E-state index in [1.54, 1.807) is 0 Å². The van der Waals surface area contributed by atoms with Crippen molar-refractivity contribution < 1.29 is 26.2 Å². The summed E-state index contributed by atoms with van der Waals surface area (Å²) in [4.78, 5) is 10.4. The monoisotopic (exact) mass is 893 g/mol. The smallest absolute Gasteiger partial charge is 0.143 e. The summed E-state index contributed by atoms with van der Waals surface area (Å²) in [6, 6.07) is 40.1. The van der Waals surface area contributed by atoms with E-state index in [4.69, 9.17) is 9.97 Å². The van der Waals surface area contributed by atoms with E-state index >= 15 is 0 Å². The van der Waals surface area contributed by atoms with Gasteiger partial charge in [0.1, 0.15) is 11.4 Å². The van der Waals surface area contributed by atoms with E-state index in [0.29, 0.717) is 0 Å². The van der Waals surface area contributed by atoms with Crippen molar-refractivity contribution in [3.63, 3.8) is 0 Å². The van der Waals surface area contributed by atoms with Gasteiger partial charge in [-0.25, -0.2) is 0 Å². The van der Waals surface area contributed by atoms with E-state index in [2.05, 4.69) is 184 Å². The zero-order valence-corrected chi connectivity index (χ0v) is 35.8. The first-order chi connectivity index (χ1) is 24.8. The minimum Gasteiger partial charge on any atom is -0.505 e. The molecule has 0 fully saturated rings. The van der Waals surface area contributed by atoms with E-state index in [1.807, 2.05) is 12.3 Å². The van der Waals surface area contributed by atoms with Crippen LogP contribution in [0.3, 0.4) is 0 Å².